The topological polar surface area (TPSA) is 86.0 Å². The molecule has 0 saturated carbocycles. The van der Waals surface area contributed by atoms with E-state index < -0.39 is 0 Å². The first kappa shape index (κ1) is 17.1. The van der Waals surface area contributed by atoms with Crippen molar-refractivity contribution in [2.45, 2.75) is 50.1 Å². The van der Waals surface area contributed by atoms with Crippen LogP contribution in [0.1, 0.15) is 48.9 Å². The fourth-order valence-corrected chi connectivity index (χ4v) is 3.95. The number of aryl methyl sites for hydroxylation is 1. The second-order valence-corrected chi connectivity index (χ2v) is 7.74. The van der Waals surface area contributed by atoms with Crippen LogP contribution in [0.5, 0.6) is 0 Å². The Bertz CT molecular complexity index is 837. The predicted molar refractivity (Wildman–Crippen MR) is 97.2 cm³/mol. The van der Waals surface area contributed by atoms with E-state index in [4.69, 9.17) is 8.94 Å². The number of furan rings is 1. The summed E-state index contributed by atoms with van der Waals surface area (Å²) in [7, 11) is 0. The van der Waals surface area contributed by atoms with Crippen molar-refractivity contribution in [1.29, 1.82) is 0 Å². The van der Waals surface area contributed by atoms with Gasteiger partial charge >= 0.3 is 0 Å². The molecular weight excluding hydrogens is 352 g/mol. The Morgan fingerprint density at radius 1 is 1.23 bits per heavy atom. The lowest BCUT2D eigenvalue weighted by Crippen LogP contribution is -2.32. The van der Waals surface area contributed by atoms with E-state index in [1.807, 2.05) is 26.0 Å². The monoisotopic (exact) mass is 374 g/mol. The Morgan fingerprint density at radius 2 is 2.08 bits per heavy atom. The van der Waals surface area contributed by atoms with E-state index in [9.17, 15) is 0 Å². The zero-order valence-corrected chi connectivity index (χ0v) is 15.8. The van der Waals surface area contributed by atoms with E-state index >= 15 is 0 Å². The summed E-state index contributed by atoms with van der Waals surface area (Å²) in [6, 6.07) is 3.87. The third-order valence-electron chi connectivity index (χ3n) is 4.40. The molecule has 1 atom stereocenters. The van der Waals surface area contributed by atoms with Gasteiger partial charge in [-0.05, 0) is 45.2 Å². The maximum atomic E-state index is 5.55. The van der Waals surface area contributed by atoms with Gasteiger partial charge in [-0.1, -0.05) is 16.9 Å². The summed E-state index contributed by atoms with van der Waals surface area (Å²) in [4.78, 5) is 6.63. The van der Waals surface area contributed by atoms with Crippen LogP contribution in [0.2, 0.25) is 0 Å². The van der Waals surface area contributed by atoms with Crippen LogP contribution in [0.15, 0.2) is 32.5 Å². The molecule has 1 aliphatic rings. The van der Waals surface area contributed by atoms with Crippen LogP contribution in [0.4, 0.5) is 5.95 Å². The number of nitrogens with zero attached hydrogens (tertiary/aromatic N) is 6. The van der Waals surface area contributed by atoms with Crippen LogP contribution < -0.4 is 4.90 Å². The van der Waals surface area contributed by atoms with Gasteiger partial charge in [-0.3, -0.25) is 4.57 Å². The SMILES string of the molecule is Cc1noc(C(C)Sc2nnc(N3CCCCC3)n2Cc2ccco2)n1. The molecule has 1 unspecified atom stereocenters. The van der Waals surface area contributed by atoms with Gasteiger partial charge in [-0.2, -0.15) is 4.98 Å². The molecule has 26 heavy (non-hydrogen) atoms. The zero-order chi connectivity index (χ0) is 17.9. The Balaban J connectivity index is 1.61. The average molecular weight is 374 g/mol. The van der Waals surface area contributed by atoms with Gasteiger partial charge < -0.3 is 13.8 Å². The lowest BCUT2D eigenvalue weighted by molar-refractivity contribution is 0.376. The largest absolute Gasteiger partial charge is 0.467 e. The average Bonchev–Trinajstić information content (AvgIpc) is 3.39. The third kappa shape index (κ3) is 3.62. The van der Waals surface area contributed by atoms with Crippen LogP contribution in [0, 0.1) is 6.92 Å². The standard InChI is InChI=1S/C17H22N6O2S/c1-12(15-18-13(2)21-25-15)26-17-20-19-16(22-8-4-3-5-9-22)23(17)11-14-7-6-10-24-14/h6-7,10,12H,3-5,8-9,11H2,1-2H3. The van der Waals surface area contributed by atoms with Crippen molar-refractivity contribution in [2.24, 2.45) is 0 Å². The van der Waals surface area contributed by atoms with Crippen molar-refractivity contribution in [3.8, 4) is 0 Å². The van der Waals surface area contributed by atoms with Crippen molar-refractivity contribution in [3.63, 3.8) is 0 Å². The molecule has 0 aliphatic carbocycles. The molecule has 0 N–H and O–H groups in total. The van der Waals surface area contributed by atoms with Gasteiger partial charge in [0, 0.05) is 13.1 Å². The molecule has 4 heterocycles. The molecule has 0 spiro atoms. The van der Waals surface area contributed by atoms with E-state index in [2.05, 4.69) is 29.8 Å². The minimum absolute atomic E-state index is 0.00930. The fraction of sp³-hybridized carbons (Fsp3) is 0.529. The summed E-state index contributed by atoms with van der Waals surface area (Å²) in [5.41, 5.74) is 0. The molecule has 0 bridgehead atoms. The molecule has 9 heteroatoms. The maximum Gasteiger partial charge on any atom is 0.239 e. The van der Waals surface area contributed by atoms with Crippen LogP contribution in [-0.4, -0.2) is 38.0 Å². The lowest BCUT2D eigenvalue weighted by atomic mass is 10.1. The van der Waals surface area contributed by atoms with Crippen molar-refractivity contribution < 1.29 is 8.94 Å². The molecule has 1 saturated heterocycles. The molecule has 0 radical (unpaired) electrons. The summed E-state index contributed by atoms with van der Waals surface area (Å²) in [5, 5.41) is 13.6. The van der Waals surface area contributed by atoms with E-state index in [1.54, 1.807) is 18.0 Å². The zero-order valence-electron chi connectivity index (χ0n) is 15.0. The summed E-state index contributed by atoms with van der Waals surface area (Å²) in [6.45, 7) is 6.48. The number of piperidine rings is 1. The Kier molecular flexibility index (Phi) is 4.96. The third-order valence-corrected chi connectivity index (χ3v) is 5.47. The molecule has 8 nitrogen and oxygen atoms in total. The maximum absolute atomic E-state index is 5.55. The molecule has 3 aromatic rings. The summed E-state index contributed by atoms with van der Waals surface area (Å²) >= 11 is 1.57. The number of anilines is 1. The van der Waals surface area contributed by atoms with Crippen LogP contribution in [0.3, 0.4) is 0 Å². The molecule has 3 aromatic heterocycles. The van der Waals surface area contributed by atoms with Gasteiger partial charge in [0.1, 0.15) is 5.76 Å². The number of thioether (sulfide) groups is 1. The second-order valence-electron chi connectivity index (χ2n) is 6.44. The lowest BCUT2D eigenvalue weighted by Gasteiger charge is -2.27. The first-order chi connectivity index (χ1) is 12.7. The molecule has 0 amide bonds. The van der Waals surface area contributed by atoms with Crippen LogP contribution in [-0.2, 0) is 6.54 Å². The number of hydrogen-bond donors (Lipinski definition) is 0. The minimum Gasteiger partial charge on any atom is -0.467 e. The van der Waals surface area contributed by atoms with Crippen LogP contribution in [0.25, 0.3) is 0 Å². The summed E-state index contributed by atoms with van der Waals surface area (Å²) in [6.07, 6.45) is 5.34. The van der Waals surface area contributed by atoms with E-state index in [0.717, 1.165) is 30.0 Å². The van der Waals surface area contributed by atoms with Gasteiger partial charge in [0.05, 0.1) is 18.1 Å². The van der Waals surface area contributed by atoms with Crippen molar-refractivity contribution in [3.05, 3.63) is 35.9 Å². The minimum atomic E-state index is -0.00930. The normalized spacial score (nSPS) is 16.2. The Labute approximate surface area is 156 Å². The predicted octanol–water partition coefficient (Wildman–Crippen LogP) is 3.45. The fourth-order valence-electron chi connectivity index (χ4n) is 3.08. The Hall–Kier alpha value is -2.29. The second kappa shape index (κ2) is 7.53. The Morgan fingerprint density at radius 3 is 2.77 bits per heavy atom. The quantitative estimate of drug-likeness (QED) is 0.606. The highest BCUT2D eigenvalue weighted by Crippen LogP contribution is 2.35. The number of rotatable bonds is 6. The molecule has 4 rings (SSSR count). The van der Waals surface area contributed by atoms with Crippen molar-refractivity contribution in [2.75, 3.05) is 18.0 Å². The highest BCUT2D eigenvalue weighted by Gasteiger charge is 2.24. The first-order valence-electron chi connectivity index (χ1n) is 8.88. The van der Waals surface area contributed by atoms with E-state index in [0.29, 0.717) is 18.3 Å². The molecule has 1 aliphatic heterocycles. The van der Waals surface area contributed by atoms with Gasteiger partial charge in [0.15, 0.2) is 11.0 Å². The van der Waals surface area contributed by atoms with Gasteiger partial charge in [0.25, 0.3) is 0 Å². The smallest absolute Gasteiger partial charge is 0.239 e. The van der Waals surface area contributed by atoms with Gasteiger partial charge in [0.2, 0.25) is 11.8 Å². The molecule has 138 valence electrons. The highest BCUT2D eigenvalue weighted by atomic mass is 32.2. The van der Waals surface area contributed by atoms with E-state index in [1.165, 1.54) is 19.3 Å². The molecular formula is C17H22N6O2S. The van der Waals surface area contributed by atoms with Crippen LogP contribution >= 0.6 is 11.8 Å². The first-order valence-corrected chi connectivity index (χ1v) is 9.76. The highest BCUT2D eigenvalue weighted by molar-refractivity contribution is 7.99. The van der Waals surface area contributed by atoms with Crippen molar-refractivity contribution >= 4 is 17.7 Å². The van der Waals surface area contributed by atoms with Crippen molar-refractivity contribution in [1.82, 2.24) is 24.9 Å². The summed E-state index contributed by atoms with van der Waals surface area (Å²) < 4.78 is 13.0. The number of hydrogen-bond acceptors (Lipinski definition) is 8. The molecule has 0 aromatic carbocycles. The van der Waals surface area contributed by atoms with Gasteiger partial charge in [-0.15, -0.1) is 10.2 Å². The molecule has 1 fully saturated rings. The van der Waals surface area contributed by atoms with E-state index in [-0.39, 0.29) is 5.25 Å². The summed E-state index contributed by atoms with van der Waals surface area (Å²) in [5.74, 6) is 3.02. The number of aromatic nitrogens is 5. The van der Waals surface area contributed by atoms with Gasteiger partial charge in [-0.25, -0.2) is 0 Å².